The SMILES string of the molecule is O=C(NN1CCOCC1)C1NCC2CCCC21. The third kappa shape index (κ3) is 2.32. The standard InChI is InChI=1S/C12H21N3O2/c16-12(14-15-4-6-17-7-5-15)11-10-3-1-2-9(10)8-13-11/h9-11,13H,1-8H2,(H,14,16). The second-order valence-electron chi connectivity index (χ2n) is 5.32. The number of hydrazine groups is 1. The largest absolute Gasteiger partial charge is 0.379 e. The number of hydrogen-bond acceptors (Lipinski definition) is 4. The highest BCUT2D eigenvalue weighted by molar-refractivity contribution is 5.82. The second kappa shape index (κ2) is 4.92. The average molecular weight is 239 g/mol. The number of ether oxygens (including phenoxy) is 1. The number of morpholine rings is 1. The predicted molar refractivity (Wildman–Crippen MR) is 63.2 cm³/mol. The summed E-state index contributed by atoms with van der Waals surface area (Å²) in [5.74, 6) is 1.45. The molecule has 3 atom stereocenters. The van der Waals surface area contributed by atoms with Crippen molar-refractivity contribution in [1.29, 1.82) is 0 Å². The molecule has 96 valence electrons. The van der Waals surface area contributed by atoms with Gasteiger partial charge in [-0.1, -0.05) is 6.42 Å². The lowest BCUT2D eigenvalue weighted by Gasteiger charge is -2.29. The molecule has 0 aromatic carbocycles. The van der Waals surface area contributed by atoms with Crippen molar-refractivity contribution in [2.75, 3.05) is 32.8 Å². The number of carbonyl (C=O) groups is 1. The Morgan fingerprint density at radius 2 is 2.12 bits per heavy atom. The maximum absolute atomic E-state index is 12.2. The summed E-state index contributed by atoms with van der Waals surface area (Å²) in [5.41, 5.74) is 3.03. The van der Waals surface area contributed by atoms with Gasteiger partial charge in [0.05, 0.1) is 19.3 Å². The van der Waals surface area contributed by atoms with E-state index in [1.54, 1.807) is 0 Å². The third-order valence-electron chi connectivity index (χ3n) is 4.31. The number of nitrogens with one attached hydrogen (secondary N) is 2. The summed E-state index contributed by atoms with van der Waals surface area (Å²) in [7, 11) is 0. The zero-order chi connectivity index (χ0) is 11.7. The lowest BCUT2D eigenvalue weighted by molar-refractivity contribution is -0.130. The summed E-state index contributed by atoms with van der Waals surface area (Å²) >= 11 is 0. The van der Waals surface area contributed by atoms with Crippen molar-refractivity contribution in [2.45, 2.75) is 25.3 Å². The average Bonchev–Trinajstić information content (AvgIpc) is 2.91. The first-order valence-electron chi connectivity index (χ1n) is 6.71. The Labute approximate surface area is 102 Å². The number of rotatable bonds is 2. The summed E-state index contributed by atoms with van der Waals surface area (Å²) in [4.78, 5) is 12.2. The highest BCUT2D eigenvalue weighted by Gasteiger charge is 2.42. The zero-order valence-corrected chi connectivity index (χ0v) is 10.2. The first-order valence-corrected chi connectivity index (χ1v) is 6.71. The molecule has 3 rings (SSSR count). The fourth-order valence-corrected chi connectivity index (χ4v) is 3.38. The van der Waals surface area contributed by atoms with Crippen LogP contribution < -0.4 is 10.7 Å². The lowest BCUT2D eigenvalue weighted by Crippen LogP contribution is -2.54. The van der Waals surface area contributed by atoms with E-state index in [0.717, 1.165) is 25.6 Å². The molecule has 0 spiro atoms. The van der Waals surface area contributed by atoms with Gasteiger partial charge in [0, 0.05) is 13.1 Å². The minimum absolute atomic E-state index is 0.0327. The van der Waals surface area contributed by atoms with E-state index in [2.05, 4.69) is 10.7 Å². The van der Waals surface area contributed by atoms with Crippen molar-refractivity contribution in [2.24, 2.45) is 11.8 Å². The molecule has 1 aliphatic carbocycles. The Kier molecular flexibility index (Phi) is 3.31. The van der Waals surface area contributed by atoms with Gasteiger partial charge >= 0.3 is 0 Å². The van der Waals surface area contributed by atoms with E-state index in [9.17, 15) is 4.79 Å². The topological polar surface area (TPSA) is 53.6 Å². The van der Waals surface area contributed by atoms with Crippen LogP contribution in [0.5, 0.6) is 0 Å². The van der Waals surface area contributed by atoms with E-state index < -0.39 is 0 Å². The first kappa shape index (κ1) is 11.4. The number of nitrogens with zero attached hydrogens (tertiary/aromatic N) is 1. The molecule has 5 nitrogen and oxygen atoms in total. The summed E-state index contributed by atoms with van der Waals surface area (Å²) in [5, 5.41) is 5.36. The van der Waals surface area contributed by atoms with Crippen LogP contribution in [-0.4, -0.2) is 49.8 Å². The molecular formula is C12H21N3O2. The lowest BCUT2D eigenvalue weighted by atomic mass is 9.94. The Morgan fingerprint density at radius 1 is 1.29 bits per heavy atom. The molecule has 0 aromatic rings. The van der Waals surface area contributed by atoms with Crippen LogP contribution in [0.25, 0.3) is 0 Å². The monoisotopic (exact) mass is 239 g/mol. The van der Waals surface area contributed by atoms with Crippen LogP contribution in [0.4, 0.5) is 0 Å². The van der Waals surface area contributed by atoms with E-state index in [4.69, 9.17) is 4.74 Å². The summed E-state index contributed by atoms with van der Waals surface area (Å²) in [6.07, 6.45) is 3.79. The van der Waals surface area contributed by atoms with Crippen molar-refractivity contribution in [3.63, 3.8) is 0 Å². The molecule has 0 bridgehead atoms. The van der Waals surface area contributed by atoms with Gasteiger partial charge in [-0.05, 0) is 31.2 Å². The van der Waals surface area contributed by atoms with Gasteiger partial charge in [-0.2, -0.15) is 0 Å². The molecule has 2 saturated heterocycles. The van der Waals surface area contributed by atoms with E-state index in [0.29, 0.717) is 19.1 Å². The molecule has 2 heterocycles. The zero-order valence-electron chi connectivity index (χ0n) is 10.2. The fourth-order valence-electron chi connectivity index (χ4n) is 3.38. The smallest absolute Gasteiger partial charge is 0.251 e. The molecule has 0 aromatic heterocycles. The molecule has 3 unspecified atom stereocenters. The van der Waals surface area contributed by atoms with Crippen LogP contribution in [0.1, 0.15) is 19.3 Å². The van der Waals surface area contributed by atoms with Gasteiger partial charge in [-0.25, -0.2) is 5.01 Å². The Morgan fingerprint density at radius 3 is 2.94 bits per heavy atom. The van der Waals surface area contributed by atoms with Gasteiger partial charge in [0.1, 0.15) is 0 Å². The molecule has 0 radical (unpaired) electrons. The Hall–Kier alpha value is -0.650. The molecule has 3 aliphatic rings. The van der Waals surface area contributed by atoms with E-state index in [-0.39, 0.29) is 11.9 Å². The van der Waals surface area contributed by atoms with Crippen LogP contribution in [-0.2, 0) is 9.53 Å². The molecule has 3 fully saturated rings. The van der Waals surface area contributed by atoms with Gasteiger partial charge in [-0.15, -0.1) is 0 Å². The highest BCUT2D eigenvalue weighted by Crippen LogP contribution is 2.37. The highest BCUT2D eigenvalue weighted by atomic mass is 16.5. The number of hydrogen-bond donors (Lipinski definition) is 2. The van der Waals surface area contributed by atoms with Gasteiger partial charge in [0.2, 0.25) is 0 Å². The molecule has 1 amide bonds. The van der Waals surface area contributed by atoms with Crippen LogP contribution in [0.2, 0.25) is 0 Å². The molecule has 5 heteroatoms. The fraction of sp³-hybridized carbons (Fsp3) is 0.917. The minimum atomic E-state index is 0.0327. The summed E-state index contributed by atoms with van der Waals surface area (Å²) in [6.45, 7) is 4.04. The number of amides is 1. The van der Waals surface area contributed by atoms with Crippen LogP contribution in [0.15, 0.2) is 0 Å². The normalized spacial score (nSPS) is 38.0. The molecule has 1 saturated carbocycles. The summed E-state index contributed by atoms with van der Waals surface area (Å²) in [6, 6.07) is 0.0327. The van der Waals surface area contributed by atoms with E-state index in [1.165, 1.54) is 19.3 Å². The summed E-state index contributed by atoms with van der Waals surface area (Å²) < 4.78 is 5.27. The van der Waals surface area contributed by atoms with E-state index >= 15 is 0 Å². The first-order chi connectivity index (χ1) is 8.34. The van der Waals surface area contributed by atoms with Crippen LogP contribution in [0, 0.1) is 11.8 Å². The molecule has 17 heavy (non-hydrogen) atoms. The Bertz CT molecular complexity index is 291. The molecule has 2 N–H and O–H groups in total. The van der Waals surface area contributed by atoms with Crippen molar-refractivity contribution in [1.82, 2.24) is 15.8 Å². The Balaban J connectivity index is 1.55. The number of carbonyl (C=O) groups excluding carboxylic acids is 1. The minimum Gasteiger partial charge on any atom is -0.379 e. The van der Waals surface area contributed by atoms with Crippen LogP contribution >= 0.6 is 0 Å². The maximum atomic E-state index is 12.2. The maximum Gasteiger partial charge on any atom is 0.251 e. The van der Waals surface area contributed by atoms with E-state index in [1.807, 2.05) is 5.01 Å². The van der Waals surface area contributed by atoms with Crippen molar-refractivity contribution < 1.29 is 9.53 Å². The van der Waals surface area contributed by atoms with Gasteiger partial charge in [0.15, 0.2) is 0 Å². The van der Waals surface area contributed by atoms with Gasteiger partial charge in [0.25, 0.3) is 5.91 Å². The third-order valence-corrected chi connectivity index (χ3v) is 4.31. The predicted octanol–water partition coefficient (Wildman–Crippen LogP) is -0.262. The van der Waals surface area contributed by atoms with Crippen molar-refractivity contribution >= 4 is 5.91 Å². The molecule has 2 aliphatic heterocycles. The number of fused-ring (bicyclic) bond motifs is 1. The second-order valence-corrected chi connectivity index (χ2v) is 5.32. The molecular weight excluding hydrogens is 218 g/mol. The van der Waals surface area contributed by atoms with Gasteiger partial charge in [-0.3, -0.25) is 10.2 Å². The van der Waals surface area contributed by atoms with Crippen LogP contribution in [0.3, 0.4) is 0 Å². The van der Waals surface area contributed by atoms with Crippen molar-refractivity contribution in [3.8, 4) is 0 Å². The quantitative estimate of drug-likeness (QED) is 0.697. The van der Waals surface area contributed by atoms with Crippen molar-refractivity contribution in [3.05, 3.63) is 0 Å². The van der Waals surface area contributed by atoms with Gasteiger partial charge < -0.3 is 10.1 Å².